The van der Waals surface area contributed by atoms with E-state index in [2.05, 4.69) is 10.3 Å². The van der Waals surface area contributed by atoms with Gasteiger partial charge in [-0.25, -0.2) is 4.98 Å². The van der Waals surface area contributed by atoms with E-state index in [9.17, 15) is 14.4 Å². The van der Waals surface area contributed by atoms with Crippen molar-refractivity contribution in [1.82, 2.24) is 14.9 Å². The zero-order valence-corrected chi connectivity index (χ0v) is 17.7. The number of thioether (sulfide) groups is 1. The summed E-state index contributed by atoms with van der Waals surface area (Å²) in [6.07, 6.45) is 0.740. The average Bonchev–Trinajstić information content (AvgIpc) is 2.75. The Labute approximate surface area is 178 Å². The predicted octanol–water partition coefficient (Wildman–Crippen LogP) is 2.33. The maximum Gasteiger partial charge on any atom is 0.325 e. The molecule has 1 amide bonds. The molecule has 30 heavy (non-hydrogen) atoms. The van der Waals surface area contributed by atoms with Crippen LogP contribution in [0.2, 0.25) is 0 Å². The van der Waals surface area contributed by atoms with E-state index in [1.54, 1.807) is 24.3 Å². The Morgan fingerprint density at radius 3 is 2.63 bits per heavy atom. The summed E-state index contributed by atoms with van der Waals surface area (Å²) in [7, 11) is 1.26. The molecule has 0 radical (unpaired) electrons. The van der Waals surface area contributed by atoms with Crippen molar-refractivity contribution in [3.8, 4) is 0 Å². The zero-order valence-electron chi connectivity index (χ0n) is 16.9. The van der Waals surface area contributed by atoms with E-state index >= 15 is 0 Å². The topological polar surface area (TPSA) is 90.3 Å². The molecule has 0 saturated heterocycles. The van der Waals surface area contributed by atoms with Gasteiger partial charge in [-0.15, -0.1) is 0 Å². The van der Waals surface area contributed by atoms with E-state index < -0.39 is 5.97 Å². The molecule has 1 aromatic heterocycles. The fraction of sp³-hybridized carbons (Fsp3) is 0.273. The average molecular weight is 426 g/mol. The Hall–Kier alpha value is -3.13. The molecule has 0 aliphatic carbocycles. The molecule has 0 atom stereocenters. The van der Waals surface area contributed by atoms with Gasteiger partial charge in [-0.2, -0.15) is 0 Å². The fourth-order valence-electron chi connectivity index (χ4n) is 3.00. The molecule has 2 aromatic carbocycles. The van der Waals surface area contributed by atoms with E-state index in [1.807, 2.05) is 31.2 Å². The molecule has 7 nitrogen and oxygen atoms in total. The van der Waals surface area contributed by atoms with Gasteiger partial charge in [-0.1, -0.05) is 48.2 Å². The summed E-state index contributed by atoms with van der Waals surface area (Å²) in [4.78, 5) is 41.3. The largest absolute Gasteiger partial charge is 0.468 e. The third kappa shape index (κ3) is 5.27. The number of carbonyl (C=O) groups excluding carboxylic acids is 2. The number of para-hydroxylation sites is 1. The van der Waals surface area contributed by atoms with Crippen LogP contribution in [0.1, 0.15) is 11.1 Å². The third-order valence-electron chi connectivity index (χ3n) is 4.65. The molecule has 0 unspecified atom stereocenters. The summed E-state index contributed by atoms with van der Waals surface area (Å²) < 4.78 is 5.94. The fourth-order valence-corrected chi connectivity index (χ4v) is 3.83. The maximum atomic E-state index is 12.8. The number of hydrogen-bond donors (Lipinski definition) is 1. The Morgan fingerprint density at radius 2 is 1.87 bits per heavy atom. The lowest BCUT2D eigenvalue weighted by atomic mass is 10.1. The number of nitrogens with one attached hydrogen (secondary N) is 1. The molecule has 0 saturated carbocycles. The van der Waals surface area contributed by atoms with Crippen molar-refractivity contribution < 1.29 is 14.3 Å². The number of amides is 1. The third-order valence-corrected chi connectivity index (χ3v) is 5.63. The first-order chi connectivity index (χ1) is 14.5. The highest BCUT2D eigenvalue weighted by atomic mass is 32.2. The molecule has 0 aliphatic rings. The highest BCUT2D eigenvalue weighted by molar-refractivity contribution is 7.99. The number of fused-ring (bicyclic) bond motifs is 1. The highest BCUT2D eigenvalue weighted by Crippen LogP contribution is 2.18. The van der Waals surface area contributed by atoms with Crippen LogP contribution in [0.5, 0.6) is 0 Å². The monoisotopic (exact) mass is 425 g/mol. The van der Waals surface area contributed by atoms with E-state index in [0.29, 0.717) is 22.6 Å². The molecule has 8 heteroatoms. The lowest BCUT2D eigenvalue weighted by Crippen LogP contribution is -2.30. The van der Waals surface area contributed by atoms with Crippen molar-refractivity contribution in [3.05, 3.63) is 70.0 Å². The van der Waals surface area contributed by atoms with Gasteiger partial charge < -0.3 is 10.1 Å². The van der Waals surface area contributed by atoms with Gasteiger partial charge in [0.1, 0.15) is 6.54 Å². The number of nitrogens with zero attached hydrogens (tertiary/aromatic N) is 2. The Bertz CT molecular complexity index is 1130. The maximum absolute atomic E-state index is 12.8. The SMILES string of the molecule is COC(=O)Cn1c(SCC(=O)NCCc2ccccc2C)nc2ccccc2c1=O. The van der Waals surface area contributed by atoms with Gasteiger partial charge in [-0.3, -0.25) is 19.0 Å². The number of hydrogen-bond acceptors (Lipinski definition) is 6. The van der Waals surface area contributed by atoms with Gasteiger partial charge in [0.15, 0.2) is 5.16 Å². The first kappa shape index (κ1) is 21.6. The standard InChI is InChI=1S/C22H23N3O4S/c1-15-7-3-4-8-16(15)11-12-23-19(26)14-30-22-24-18-10-6-5-9-17(18)21(28)25(22)13-20(27)29-2/h3-10H,11-14H2,1-2H3,(H,23,26). The summed E-state index contributed by atoms with van der Waals surface area (Å²) in [5.74, 6) is -0.640. The van der Waals surface area contributed by atoms with Gasteiger partial charge in [-0.05, 0) is 36.6 Å². The predicted molar refractivity (Wildman–Crippen MR) is 117 cm³/mol. The highest BCUT2D eigenvalue weighted by Gasteiger charge is 2.16. The number of ether oxygens (including phenoxy) is 1. The molecule has 1 N–H and O–H groups in total. The molecule has 0 aliphatic heterocycles. The molecule has 156 valence electrons. The number of rotatable bonds is 8. The minimum Gasteiger partial charge on any atom is -0.468 e. The van der Waals surface area contributed by atoms with Crippen molar-refractivity contribution >= 4 is 34.5 Å². The van der Waals surface area contributed by atoms with E-state index in [0.717, 1.165) is 18.2 Å². The quantitative estimate of drug-likeness (QED) is 0.338. The lowest BCUT2D eigenvalue weighted by Gasteiger charge is -2.12. The second-order valence-corrected chi connectivity index (χ2v) is 7.64. The van der Waals surface area contributed by atoms with E-state index in [4.69, 9.17) is 4.74 Å². The van der Waals surface area contributed by atoms with Crippen molar-refractivity contribution in [1.29, 1.82) is 0 Å². The summed E-state index contributed by atoms with van der Waals surface area (Å²) in [5.41, 5.74) is 2.56. The summed E-state index contributed by atoms with van der Waals surface area (Å²) in [5, 5.41) is 3.60. The van der Waals surface area contributed by atoms with Crippen molar-refractivity contribution in [2.75, 3.05) is 19.4 Å². The minimum absolute atomic E-state index is 0.0831. The first-order valence-electron chi connectivity index (χ1n) is 9.50. The van der Waals surface area contributed by atoms with Crippen LogP contribution >= 0.6 is 11.8 Å². The van der Waals surface area contributed by atoms with Crippen molar-refractivity contribution in [3.63, 3.8) is 0 Å². The van der Waals surface area contributed by atoms with Crippen molar-refractivity contribution in [2.45, 2.75) is 25.0 Å². The molecular weight excluding hydrogens is 402 g/mol. The molecular formula is C22H23N3O4S. The summed E-state index contributed by atoms with van der Waals surface area (Å²) in [6, 6.07) is 15.0. The van der Waals surface area contributed by atoms with Crippen LogP contribution in [0.3, 0.4) is 0 Å². The molecule has 1 heterocycles. The van der Waals surface area contributed by atoms with Crippen LogP contribution in [0.4, 0.5) is 0 Å². The molecule has 0 spiro atoms. The van der Waals surface area contributed by atoms with Crippen LogP contribution in [0.15, 0.2) is 58.5 Å². The number of methoxy groups -OCH3 is 1. The van der Waals surface area contributed by atoms with Crippen LogP contribution in [-0.4, -0.2) is 40.8 Å². The number of carbonyl (C=O) groups is 2. The van der Waals surface area contributed by atoms with Crippen LogP contribution in [0.25, 0.3) is 10.9 Å². The van der Waals surface area contributed by atoms with Gasteiger partial charge in [0, 0.05) is 6.54 Å². The van der Waals surface area contributed by atoms with Gasteiger partial charge >= 0.3 is 5.97 Å². The number of benzene rings is 2. The Kier molecular flexibility index (Phi) is 7.24. The van der Waals surface area contributed by atoms with E-state index in [1.165, 1.54) is 22.8 Å². The lowest BCUT2D eigenvalue weighted by molar-refractivity contribution is -0.141. The minimum atomic E-state index is -0.557. The zero-order chi connectivity index (χ0) is 21.5. The number of aryl methyl sites for hydroxylation is 1. The molecule has 3 aromatic rings. The normalized spacial score (nSPS) is 10.7. The second kappa shape index (κ2) is 10.1. The van der Waals surface area contributed by atoms with Crippen LogP contribution < -0.4 is 10.9 Å². The smallest absolute Gasteiger partial charge is 0.325 e. The van der Waals surface area contributed by atoms with Crippen LogP contribution in [0, 0.1) is 6.92 Å². The first-order valence-corrected chi connectivity index (χ1v) is 10.5. The molecule has 3 rings (SSSR count). The Balaban J connectivity index is 1.69. The molecule has 0 bridgehead atoms. The number of esters is 1. The second-order valence-electron chi connectivity index (χ2n) is 6.69. The molecule has 0 fully saturated rings. The van der Waals surface area contributed by atoms with E-state index in [-0.39, 0.29) is 23.8 Å². The van der Waals surface area contributed by atoms with Gasteiger partial charge in [0.25, 0.3) is 5.56 Å². The van der Waals surface area contributed by atoms with Crippen molar-refractivity contribution in [2.24, 2.45) is 0 Å². The van der Waals surface area contributed by atoms with Crippen LogP contribution in [-0.2, 0) is 27.3 Å². The summed E-state index contributed by atoms with van der Waals surface area (Å²) >= 11 is 1.12. The summed E-state index contributed by atoms with van der Waals surface area (Å²) in [6.45, 7) is 2.30. The number of aromatic nitrogens is 2. The van der Waals surface area contributed by atoms with Gasteiger partial charge in [0.05, 0.1) is 23.8 Å². The van der Waals surface area contributed by atoms with Gasteiger partial charge in [0.2, 0.25) is 5.91 Å². The Morgan fingerprint density at radius 1 is 1.13 bits per heavy atom.